The maximum atomic E-state index is 12.0. The van der Waals surface area contributed by atoms with E-state index in [9.17, 15) is 4.79 Å². The van der Waals surface area contributed by atoms with Crippen molar-refractivity contribution in [1.29, 1.82) is 0 Å². The van der Waals surface area contributed by atoms with Crippen molar-refractivity contribution in [2.75, 3.05) is 12.4 Å². The van der Waals surface area contributed by atoms with Crippen molar-refractivity contribution < 1.29 is 9.53 Å². The predicted molar refractivity (Wildman–Crippen MR) is 84.3 cm³/mol. The Bertz CT molecular complexity index is 567. The summed E-state index contributed by atoms with van der Waals surface area (Å²) < 4.78 is 6.12. The summed E-state index contributed by atoms with van der Waals surface area (Å²) in [6.45, 7) is 0.554. The molecular weight excluding hydrogens is 353 g/mol. The molecule has 2 aromatic rings. The minimum Gasteiger partial charge on any atom is -0.380 e. The van der Waals surface area contributed by atoms with Crippen LogP contribution in [0.3, 0.4) is 0 Å². The molecule has 4 heteroatoms. The van der Waals surface area contributed by atoms with Gasteiger partial charge in [0, 0.05) is 21.9 Å². The molecule has 0 saturated heterocycles. The fraction of sp³-hybridized carbons (Fsp3) is 0.133. The third-order valence-electron chi connectivity index (χ3n) is 2.61. The molecule has 0 fully saturated rings. The number of nitrogens with one attached hydrogen (secondary N) is 1. The van der Waals surface area contributed by atoms with E-state index in [4.69, 9.17) is 4.74 Å². The van der Waals surface area contributed by atoms with Gasteiger partial charge in [-0.1, -0.05) is 18.2 Å². The van der Waals surface area contributed by atoms with Crippen LogP contribution in [0.1, 0.15) is 15.9 Å². The van der Waals surface area contributed by atoms with E-state index in [-0.39, 0.29) is 5.91 Å². The standard InChI is InChI=1S/C15H14INO2/c1-19-10-11-5-7-12(8-6-11)15(18)17-14-4-2-3-13(16)9-14/h2-9H,10H2,1H3,(H,17,18). The Morgan fingerprint density at radius 1 is 1.21 bits per heavy atom. The molecule has 1 N–H and O–H groups in total. The Kier molecular flexibility index (Phi) is 4.93. The van der Waals surface area contributed by atoms with Crippen molar-refractivity contribution in [2.24, 2.45) is 0 Å². The number of rotatable bonds is 4. The highest BCUT2D eigenvalue weighted by atomic mass is 127. The first-order chi connectivity index (χ1) is 9.19. The van der Waals surface area contributed by atoms with Gasteiger partial charge in [0.15, 0.2) is 0 Å². The lowest BCUT2D eigenvalue weighted by Crippen LogP contribution is -2.11. The van der Waals surface area contributed by atoms with Crippen LogP contribution in [0.5, 0.6) is 0 Å². The summed E-state index contributed by atoms with van der Waals surface area (Å²) in [6.07, 6.45) is 0. The molecular formula is C15H14INO2. The molecule has 19 heavy (non-hydrogen) atoms. The van der Waals surface area contributed by atoms with Crippen molar-refractivity contribution >= 4 is 34.2 Å². The van der Waals surface area contributed by atoms with E-state index in [2.05, 4.69) is 27.9 Å². The van der Waals surface area contributed by atoms with Crippen LogP contribution in [0.15, 0.2) is 48.5 Å². The Labute approximate surface area is 126 Å². The van der Waals surface area contributed by atoms with Gasteiger partial charge in [0.2, 0.25) is 0 Å². The van der Waals surface area contributed by atoms with Crippen LogP contribution in [0.2, 0.25) is 0 Å². The lowest BCUT2D eigenvalue weighted by Gasteiger charge is -2.06. The Morgan fingerprint density at radius 3 is 2.58 bits per heavy atom. The van der Waals surface area contributed by atoms with Gasteiger partial charge in [-0.05, 0) is 58.5 Å². The molecule has 0 saturated carbocycles. The minimum absolute atomic E-state index is 0.106. The minimum atomic E-state index is -0.106. The van der Waals surface area contributed by atoms with E-state index in [0.29, 0.717) is 12.2 Å². The smallest absolute Gasteiger partial charge is 0.255 e. The average Bonchev–Trinajstić information content (AvgIpc) is 2.40. The Hall–Kier alpha value is -1.40. The van der Waals surface area contributed by atoms with Gasteiger partial charge < -0.3 is 10.1 Å². The molecule has 0 spiro atoms. The van der Waals surface area contributed by atoms with Crippen molar-refractivity contribution in [1.82, 2.24) is 0 Å². The van der Waals surface area contributed by atoms with Crippen LogP contribution in [-0.2, 0) is 11.3 Å². The summed E-state index contributed by atoms with van der Waals surface area (Å²) in [5.74, 6) is -0.106. The van der Waals surface area contributed by atoms with Gasteiger partial charge in [0.1, 0.15) is 0 Å². The number of amides is 1. The first-order valence-electron chi connectivity index (χ1n) is 5.84. The van der Waals surface area contributed by atoms with E-state index in [0.717, 1.165) is 14.8 Å². The first-order valence-corrected chi connectivity index (χ1v) is 6.92. The third-order valence-corrected chi connectivity index (χ3v) is 3.28. The van der Waals surface area contributed by atoms with Crippen LogP contribution in [0.25, 0.3) is 0 Å². The zero-order chi connectivity index (χ0) is 13.7. The molecule has 98 valence electrons. The van der Waals surface area contributed by atoms with E-state index in [1.54, 1.807) is 19.2 Å². The predicted octanol–water partition coefficient (Wildman–Crippen LogP) is 3.69. The van der Waals surface area contributed by atoms with Crippen LogP contribution < -0.4 is 5.32 Å². The van der Waals surface area contributed by atoms with Gasteiger partial charge >= 0.3 is 0 Å². The summed E-state index contributed by atoms with van der Waals surface area (Å²) in [6, 6.07) is 15.1. The number of benzene rings is 2. The zero-order valence-electron chi connectivity index (χ0n) is 10.5. The lowest BCUT2D eigenvalue weighted by atomic mass is 10.1. The zero-order valence-corrected chi connectivity index (χ0v) is 12.7. The fourth-order valence-corrected chi connectivity index (χ4v) is 2.23. The van der Waals surface area contributed by atoms with Crippen LogP contribution in [0, 0.1) is 3.57 Å². The van der Waals surface area contributed by atoms with Crippen molar-refractivity contribution in [2.45, 2.75) is 6.61 Å². The molecule has 0 aliphatic carbocycles. The topological polar surface area (TPSA) is 38.3 Å². The number of carbonyl (C=O) groups is 1. The quantitative estimate of drug-likeness (QED) is 0.838. The van der Waals surface area contributed by atoms with E-state index >= 15 is 0 Å². The van der Waals surface area contributed by atoms with Gasteiger partial charge in [-0.25, -0.2) is 0 Å². The number of ether oxygens (including phenoxy) is 1. The monoisotopic (exact) mass is 367 g/mol. The largest absolute Gasteiger partial charge is 0.380 e. The highest BCUT2D eigenvalue weighted by molar-refractivity contribution is 14.1. The van der Waals surface area contributed by atoms with Crippen LogP contribution >= 0.6 is 22.6 Å². The normalized spacial score (nSPS) is 10.2. The molecule has 0 atom stereocenters. The maximum absolute atomic E-state index is 12.0. The van der Waals surface area contributed by atoms with Gasteiger partial charge in [-0.2, -0.15) is 0 Å². The van der Waals surface area contributed by atoms with Crippen molar-refractivity contribution in [3.05, 3.63) is 63.2 Å². The second kappa shape index (κ2) is 6.68. The van der Waals surface area contributed by atoms with E-state index in [1.165, 1.54) is 0 Å². The van der Waals surface area contributed by atoms with E-state index in [1.807, 2.05) is 36.4 Å². The third kappa shape index (κ3) is 4.04. The molecule has 0 aliphatic rings. The molecule has 0 heterocycles. The van der Waals surface area contributed by atoms with Crippen LogP contribution in [0.4, 0.5) is 5.69 Å². The summed E-state index contributed by atoms with van der Waals surface area (Å²) >= 11 is 2.22. The summed E-state index contributed by atoms with van der Waals surface area (Å²) in [7, 11) is 1.65. The molecule has 1 amide bonds. The summed E-state index contributed by atoms with van der Waals surface area (Å²) in [5, 5.41) is 2.88. The summed E-state index contributed by atoms with van der Waals surface area (Å²) in [4.78, 5) is 12.0. The SMILES string of the molecule is COCc1ccc(C(=O)Nc2cccc(I)c2)cc1. The van der Waals surface area contributed by atoms with Crippen molar-refractivity contribution in [3.63, 3.8) is 0 Å². The second-order valence-corrected chi connectivity index (χ2v) is 5.34. The number of methoxy groups -OCH3 is 1. The molecule has 2 aromatic carbocycles. The van der Waals surface area contributed by atoms with Crippen LogP contribution in [-0.4, -0.2) is 13.0 Å². The second-order valence-electron chi connectivity index (χ2n) is 4.09. The number of halogens is 1. The highest BCUT2D eigenvalue weighted by Crippen LogP contribution is 2.14. The molecule has 2 rings (SSSR count). The van der Waals surface area contributed by atoms with Gasteiger partial charge in [-0.3, -0.25) is 4.79 Å². The van der Waals surface area contributed by atoms with Gasteiger partial charge in [0.25, 0.3) is 5.91 Å². The van der Waals surface area contributed by atoms with Crippen molar-refractivity contribution in [3.8, 4) is 0 Å². The fourth-order valence-electron chi connectivity index (χ4n) is 1.69. The van der Waals surface area contributed by atoms with Gasteiger partial charge in [-0.15, -0.1) is 0 Å². The molecule has 0 aromatic heterocycles. The highest BCUT2D eigenvalue weighted by Gasteiger charge is 2.06. The first kappa shape index (κ1) is 14.0. The number of hydrogen-bond acceptors (Lipinski definition) is 2. The Morgan fingerprint density at radius 2 is 1.95 bits per heavy atom. The molecule has 0 bridgehead atoms. The summed E-state index contributed by atoms with van der Waals surface area (Å²) in [5.41, 5.74) is 2.49. The van der Waals surface area contributed by atoms with E-state index < -0.39 is 0 Å². The number of anilines is 1. The molecule has 0 radical (unpaired) electrons. The number of carbonyl (C=O) groups excluding carboxylic acids is 1. The maximum Gasteiger partial charge on any atom is 0.255 e. The number of hydrogen-bond donors (Lipinski definition) is 1. The molecule has 3 nitrogen and oxygen atoms in total. The molecule has 0 aliphatic heterocycles. The van der Waals surface area contributed by atoms with Gasteiger partial charge in [0.05, 0.1) is 6.61 Å². The molecule has 0 unspecified atom stereocenters. The average molecular weight is 367 g/mol. The lowest BCUT2D eigenvalue weighted by molar-refractivity contribution is 0.102. The Balaban J connectivity index is 2.07.